The minimum atomic E-state index is 0.312. The van der Waals surface area contributed by atoms with Gasteiger partial charge in [-0.2, -0.15) is 0 Å². The Balaban J connectivity index is 1.95. The van der Waals surface area contributed by atoms with Crippen molar-refractivity contribution in [3.8, 4) is 0 Å². The van der Waals surface area contributed by atoms with E-state index in [1.165, 1.54) is 30.6 Å². The first kappa shape index (κ1) is 13.0. The lowest BCUT2D eigenvalue weighted by Gasteiger charge is -2.51. The molecule has 0 saturated carbocycles. The van der Waals surface area contributed by atoms with Gasteiger partial charge in [0.25, 0.3) is 0 Å². The van der Waals surface area contributed by atoms with Crippen molar-refractivity contribution in [1.82, 2.24) is 0 Å². The first-order valence-corrected chi connectivity index (χ1v) is 7.71. The van der Waals surface area contributed by atoms with Crippen molar-refractivity contribution in [1.29, 1.82) is 0 Å². The van der Waals surface area contributed by atoms with Crippen LogP contribution in [0.5, 0.6) is 0 Å². The zero-order valence-electron chi connectivity index (χ0n) is 12.7. The highest BCUT2D eigenvalue weighted by Crippen LogP contribution is 2.44. The number of quaternary nitrogens is 1. The predicted molar refractivity (Wildman–Crippen MR) is 80.8 cm³/mol. The van der Waals surface area contributed by atoms with Crippen LogP contribution >= 0.6 is 0 Å². The summed E-state index contributed by atoms with van der Waals surface area (Å²) in [7, 11) is 2.34. The van der Waals surface area contributed by atoms with E-state index in [1.807, 2.05) is 0 Å². The van der Waals surface area contributed by atoms with Crippen molar-refractivity contribution in [2.45, 2.75) is 51.1 Å². The van der Waals surface area contributed by atoms with Gasteiger partial charge in [-0.1, -0.05) is 32.0 Å². The van der Waals surface area contributed by atoms with Crippen molar-refractivity contribution < 1.29 is 4.90 Å². The van der Waals surface area contributed by atoms with Gasteiger partial charge in [0, 0.05) is 18.0 Å². The summed E-state index contributed by atoms with van der Waals surface area (Å²) < 4.78 is 0. The average Bonchev–Trinajstić information content (AvgIpc) is 2.37. The van der Waals surface area contributed by atoms with Gasteiger partial charge in [0.15, 0.2) is 0 Å². The number of anilines is 1. The zero-order valence-corrected chi connectivity index (χ0v) is 12.7. The van der Waals surface area contributed by atoms with E-state index in [0.717, 1.165) is 12.0 Å². The second kappa shape index (κ2) is 4.52. The van der Waals surface area contributed by atoms with Gasteiger partial charge in [-0.25, -0.2) is 0 Å². The van der Waals surface area contributed by atoms with Gasteiger partial charge in [0.2, 0.25) is 0 Å². The third-order valence-electron chi connectivity index (χ3n) is 5.63. The Hall–Kier alpha value is -1.02. The van der Waals surface area contributed by atoms with Crippen LogP contribution in [0, 0.1) is 5.92 Å². The maximum atomic E-state index is 3.93. The van der Waals surface area contributed by atoms with Crippen LogP contribution in [0.3, 0.4) is 0 Å². The second-order valence-corrected chi connectivity index (χ2v) is 7.03. The minimum Gasteiger partial charge on any atom is -0.379 e. The van der Waals surface area contributed by atoms with E-state index in [-0.39, 0.29) is 0 Å². The first-order chi connectivity index (χ1) is 9.02. The quantitative estimate of drug-likeness (QED) is 0.731. The molecule has 1 aromatic carbocycles. The van der Waals surface area contributed by atoms with Crippen LogP contribution in [0.4, 0.5) is 5.69 Å². The Morgan fingerprint density at radius 1 is 1.16 bits per heavy atom. The number of hydrogen-bond acceptors (Lipinski definition) is 1. The monoisotopic (exact) mass is 259 g/mol. The van der Waals surface area contributed by atoms with Crippen LogP contribution in [0.15, 0.2) is 24.3 Å². The molecule has 1 spiro atoms. The molecular weight excluding hydrogens is 232 g/mol. The van der Waals surface area contributed by atoms with Crippen LogP contribution in [0.2, 0.25) is 0 Å². The normalized spacial score (nSPS) is 41.7. The largest absolute Gasteiger partial charge is 0.379 e. The molecule has 2 N–H and O–H groups in total. The molecule has 1 fully saturated rings. The Morgan fingerprint density at radius 2 is 1.89 bits per heavy atom. The highest BCUT2D eigenvalue weighted by atomic mass is 15.2. The van der Waals surface area contributed by atoms with Crippen LogP contribution in [-0.2, 0) is 0 Å². The van der Waals surface area contributed by atoms with E-state index < -0.39 is 0 Å². The molecule has 2 nitrogen and oxygen atoms in total. The van der Waals surface area contributed by atoms with Crippen LogP contribution in [0.1, 0.15) is 45.1 Å². The fourth-order valence-corrected chi connectivity index (χ4v) is 4.28. The number of para-hydroxylation sites is 1. The van der Waals surface area contributed by atoms with Crippen molar-refractivity contribution in [3.05, 3.63) is 29.8 Å². The molecule has 0 aliphatic carbocycles. The maximum Gasteiger partial charge on any atom is 0.0866 e. The summed E-state index contributed by atoms with van der Waals surface area (Å²) in [5.74, 6) is 1.41. The molecule has 0 radical (unpaired) electrons. The maximum absolute atomic E-state index is 3.93. The van der Waals surface area contributed by atoms with Crippen molar-refractivity contribution in [2.24, 2.45) is 5.92 Å². The number of nitrogens with one attached hydrogen (secondary N) is 2. The average molecular weight is 259 g/mol. The predicted octanol–water partition coefficient (Wildman–Crippen LogP) is 2.29. The Labute approximate surface area is 117 Å². The second-order valence-electron chi connectivity index (χ2n) is 7.03. The summed E-state index contributed by atoms with van der Waals surface area (Å²) in [6.07, 6.45) is 2.57. The topological polar surface area (TPSA) is 16.5 Å². The summed E-state index contributed by atoms with van der Waals surface area (Å²) in [4.78, 5) is 1.69. The van der Waals surface area contributed by atoms with Gasteiger partial charge in [-0.05, 0) is 30.9 Å². The van der Waals surface area contributed by atoms with Gasteiger partial charge in [-0.3, -0.25) is 0 Å². The molecule has 104 valence electrons. The molecule has 5 atom stereocenters. The number of benzene rings is 1. The summed E-state index contributed by atoms with van der Waals surface area (Å²) in [6.45, 7) is 8.51. The molecule has 0 amide bonds. The number of fused-ring (bicyclic) bond motifs is 1. The minimum absolute atomic E-state index is 0.312. The molecule has 0 aromatic heterocycles. The lowest BCUT2D eigenvalue weighted by atomic mass is 9.68. The summed E-state index contributed by atoms with van der Waals surface area (Å²) in [6, 6.07) is 9.62. The SMILES string of the molecule is C[C@H]1C[C@]2(C[C@H](C)[NH+](C)C[C@@H]2C)Nc2ccccc21. The van der Waals surface area contributed by atoms with Gasteiger partial charge in [0.1, 0.15) is 0 Å². The molecule has 2 aliphatic rings. The van der Waals surface area contributed by atoms with E-state index in [2.05, 4.69) is 57.4 Å². The number of likely N-dealkylation sites (tertiary alicyclic amines) is 1. The molecular formula is C17H27N2+. The lowest BCUT2D eigenvalue weighted by Crippen LogP contribution is -3.15. The Morgan fingerprint density at radius 3 is 2.68 bits per heavy atom. The van der Waals surface area contributed by atoms with Gasteiger partial charge < -0.3 is 10.2 Å². The molecule has 2 aliphatic heterocycles. The lowest BCUT2D eigenvalue weighted by molar-refractivity contribution is -0.914. The van der Waals surface area contributed by atoms with Gasteiger partial charge in [-0.15, -0.1) is 0 Å². The fourth-order valence-electron chi connectivity index (χ4n) is 4.28. The van der Waals surface area contributed by atoms with Crippen LogP contribution in [-0.4, -0.2) is 25.2 Å². The zero-order chi connectivity index (χ0) is 13.6. The molecule has 0 bridgehead atoms. The Bertz CT molecular complexity index is 470. The highest BCUT2D eigenvalue weighted by Gasteiger charge is 2.47. The van der Waals surface area contributed by atoms with Crippen molar-refractivity contribution in [3.63, 3.8) is 0 Å². The Kier molecular flexibility index (Phi) is 3.09. The number of piperidine rings is 1. The molecule has 2 heterocycles. The third kappa shape index (κ3) is 2.06. The summed E-state index contributed by atoms with van der Waals surface area (Å²) >= 11 is 0. The number of hydrogen-bond donors (Lipinski definition) is 2. The van der Waals surface area contributed by atoms with Crippen LogP contribution in [0.25, 0.3) is 0 Å². The smallest absolute Gasteiger partial charge is 0.0866 e. The van der Waals surface area contributed by atoms with E-state index in [1.54, 1.807) is 4.90 Å². The van der Waals surface area contributed by atoms with E-state index in [0.29, 0.717) is 11.5 Å². The molecule has 19 heavy (non-hydrogen) atoms. The highest BCUT2D eigenvalue weighted by molar-refractivity contribution is 5.57. The van der Waals surface area contributed by atoms with E-state index >= 15 is 0 Å². The standard InChI is InChI=1S/C17H26N2/c1-12-9-17(10-14(3)19(4)11-13(17)2)18-16-8-6-5-7-15(12)16/h5-8,12-14,18H,9-11H2,1-4H3/p+1/t12-,13-,14-,17+/m0/s1. The van der Waals surface area contributed by atoms with Crippen molar-refractivity contribution in [2.75, 3.05) is 18.9 Å². The molecule has 3 rings (SSSR count). The third-order valence-corrected chi connectivity index (χ3v) is 5.63. The molecule has 1 aromatic rings. The number of rotatable bonds is 0. The van der Waals surface area contributed by atoms with Crippen molar-refractivity contribution >= 4 is 5.69 Å². The molecule has 2 heteroatoms. The molecule has 1 saturated heterocycles. The van der Waals surface area contributed by atoms with E-state index in [4.69, 9.17) is 0 Å². The van der Waals surface area contributed by atoms with Gasteiger partial charge >= 0.3 is 0 Å². The summed E-state index contributed by atoms with van der Waals surface area (Å²) in [5.41, 5.74) is 3.19. The molecule has 1 unspecified atom stereocenters. The fraction of sp³-hybridized carbons (Fsp3) is 0.647. The summed E-state index contributed by atoms with van der Waals surface area (Å²) in [5, 5.41) is 3.93. The van der Waals surface area contributed by atoms with E-state index in [9.17, 15) is 0 Å². The van der Waals surface area contributed by atoms with Crippen LogP contribution < -0.4 is 10.2 Å². The van der Waals surface area contributed by atoms with Gasteiger partial charge in [0.05, 0.1) is 25.2 Å². The first-order valence-electron chi connectivity index (χ1n) is 7.71.